The van der Waals surface area contributed by atoms with Gasteiger partial charge in [0.25, 0.3) is 0 Å². The van der Waals surface area contributed by atoms with Crippen LogP contribution in [0.5, 0.6) is 5.75 Å². The molecule has 0 bridgehead atoms. The van der Waals surface area contributed by atoms with Crippen molar-refractivity contribution >= 4 is 11.9 Å². The lowest BCUT2D eigenvalue weighted by Gasteiger charge is -2.02. The molecule has 0 unspecified atom stereocenters. The van der Waals surface area contributed by atoms with Gasteiger partial charge in [-0.05, 0) is 11.6 Å². The van der Waals surface area contributed by atoms with Crippen molar-refractivity contribution in [3.8, 4) is 16.9 Å². The van der Waals surface area contributed by atoms with Crippen LogP contribution in [0.1, 0.15) is 0 Å². The van der Waals surface area contributed by atoms with Crippen LogP contribution in [0.4, 0.5) is 4.79 Å². The van der Waals surface area contributed by atoms with Crippen molar-refractivity contribution in [1.82, 2.24) is 10.6 Å². The van der Waals surface area contributed by atoms with E-state index >= 15 is 0 Å². The molecule has 1 fully saturated rings. The summed E-state index contributed by atoms with van der Waals surface area (Å²) in [5.41, 5.74) is 1.92. The van der Waals surface area contributed by atoms with Gasteiger partial charge in [-0.3, -0.25) is 10.1 Å². The summed E-state index contributed by atoms with van der Waals surface area (Å²) in [7, 11) is 0. The fraction of sp³-hybridized carbons (Fsp3) is 0.0667. The molecule has 0 saturated carbocycles. The van der Waals surface area contributed by atoms with Crippen molar-refractivity contribution in [3.63, 3.8) is 0 Å². The molecule has 1 saturated heterocycles. The second kappa shape index (κ2) is 6.38. The van der Waals surface area contributed by atoms with Gasteiger partial charge in [0.05, 0.1) is 6.54 Å². The number of aromatic hydroxyl groups is 1. The molecular weight excluding hydrogens is 256 g/mol. The Balaban J connectivity index is 0.000000178. The van der Waals surface area contributed by atoms with E-state index in [4.69, 9.17) is 0 Å². The van der Waals surface area contributed by atoms with Crippen LogP contribution in [0.2, 0.25) is 0 Å². The van der Waals surface area contributed by atoms with Crippen molar-refractivity contribution in [2.24, 2.45) is 0 Å². The van der Waals surface area contributed by atoms with Gasteiger partial charge in [0.2, 0.25) is 5.91 Å². The molecule has 102 valence electrons. The number of phenols is 1. The Labute approximate surface area is 116 Å². The molecule has 2 aromatic carbocycles. The molecule has 5 nitrogen and oxygen atoms in total. The number of nitrogens with one attached hydrogen (secondary N) is 2. The van der Waals surface area contributed by atoms with Crippen LogP contribution in [-0.2, 0) is 4.79 Å². The minimum Gasteiger partial charge on any atom is -0.507 e. The summed E-state index contributed by atoms with van der Waals surface area (Å²) >= 11 is 0. The second-order valence-electron chi connectivity index (χ2n) is 4.11. The van der Waals surface area contributed by atoms with E-state index in [9.17, 15) is 14.7 Å². The Morgan fingerprint density at radius 2 is 1.55 bits per heavy atom. The maximum atomic E-state index is 10.1. The molecule has 1 aliphatic rings. The summed E-state index contributed by atoms with van der Waals surface area (Å²) < 4.78 is 0. The average molecular weight is 270 g/mol. The van der Waals surface area contributed by atoms with Crippen LogP contribution in [0.15, 0.2) is 54.6 Å². The highest BCUT2D eigenvalue weighted by Gasteiger charge is 2.14. The van der Waals surface area contributed by atoms with Gasteiger partial charge in [-0.2, -0.15) is 0 Å². The first-order valence-corrected chi connectivity index (χ1v) is 6.08. The van der Waals surface area contributed by atoms with Crippen LogP contribution in [0.25, 0.3) is 11.1 Å². The summed E-state index contributed by atoms with van der Waals surface area (Å²) in [6.07, 6.45) is 0. The summed E-state index contributed by atoms with van der Waals surface area (Å²) in [5, 5.41) is 13.9. The van der Waals surface area contributed by atoms with E-state index in [0.29, 0.717) is 5.75 Å². The summed E-state index contributed by atoms with van der Waals surface area (Å²) in [6.45, 7) is 0.124. The van der Waals surface area contributed by atoms with Crippen LogP contribution < -0.4 is 10.6 Å². The minimum absolute atomic E-state index is 0.124. The number of hydrogen-bond donors (Lipinski definition) is 3. The molecule has 2 aromatic rings. The first-order valence-electron chi connectivity index (χ1n) is 6.08. The SMILES string of the molecule is O=C1CNC(=O)N1.Oc1ccccc1-c1ccccc1. The number of benzene rings is 2. The number of imide groups is 1. The molecule has 3 N–H and O–H groups in total. The zero-order chi connectivity index (χ0) is 14.4. The van der Waals surface area contributed by atoms with Gasteiger partial charge in [0, 0.05) is 5.56 Å². The van der Waals surface area contributed by atoms with Crippen molar-refractivity contribution in [3.05, 3.63) is 54.6 Å². The number of rotatable bonds is 1. The van der Waals surface area contributed by atoms with Gasteiger partial charge in [-0.15, -0.1) is 0 Å². The van der Waals surface area contributed by atoms with E-state index in [0.717, 1.165) is 11.1 Å². The molecule has 3 rings (SSSR count). The third-order valence-electron chi connectivity index (χ3n) is 2.65. The number of para-hydroxylation sites is 1. The molecule has 0 atom stereocenters. The fourth-order valence-electron chi connectivity index (χ4n) is 1.71. The molecule has 0 radical (unpaired) electrons. The van der Waals surface area contributed by atoms with E-state index in [2.05, 4.69) is 5.32 Å². The Bertz CT molecular complexity index is 598. The summed E-state index contributed by atoms with van der Waals surface area (Å²) in [4.78, 5) is 20.1. The summed E-state index contributed by atoms with van der Waals surface area (Å²) in [6, 6.07) is 16.8. The first-order chi connectivity index (χ1) is 9.66. The maximum absolute atomic E-state index is 10.1. The Morgan fingerprint density at radius 1 is 0.900 bits per heavy atom. The average Bonchev–Trinajstić information content (AvgIpc) is 2.84. The van der Waals surface area contributed by atoms with E-state index in [1.165, 1.54) is 0 Å². The molecular formula is C15H14N2O3. The maximum Gasteiger partial charge on any atom is 0.321 e. The third kappa shape index (κ3) is 3.58. The lowest BCUT2D eigenvalue weighted by molar-refractivity contribution is -0.117. The van der Waals surface area contributed by atoms with Crippen LogP contribution in [0.3, 0.4) is 0 Å². The monoisotopic (exact) mass is 270 g/mol. The van der Waals surface area contributed by atoms with Crippen molar-refractivity contribution in [1.29, 1.82) is 0 Å². The molecule has 20 heavy (non-hydrogen) atoms. The molecule has 0 aliphatic carbocycles. The zero-order valence-corrected chi connectivity index (χ0v) is 10.7. The molecule has 1 aliphatic heterocycles. The largest absolute Gasteiger partial charge is 0.507 e. The van der Waals surface area contributed by atoms with Gasteiger partial charge >= 0.3 is 6.03 Å². The molecule has 0 spiro atoms. The topological polar surface area (TPSA) is 78.4 Å². The number of phenolic OH excluding ortho intramolecular Hbond substituents is 1. The number of urea groups is 1. The fourth-order valence-corrected chi connectivity index (χ4v) is 1.71. The highest BCUT2D eigenvalue weighted by Crippen LogP contribution is 2.27. The van der Waals surface area contributed by atoms with Crippen molar-refractivity contribution < 1.29 is 14.7 Å². The van der Waals surface area contributed by atoms with E-state index in [1.54, 1.807) is 6.07 Å². The Hall–Kier alpha value is -2.82. The standard InChI is InChI=1S/C12H10O.C3H4N2O2/c13-12-9-5-4-8-11(12)10-6-2-1-3-7-10;6-2-1-4-3(7)5-2/h1-9,13H;1H2,(H2,4,5,6,7). The minimum atomic E-state index is -0.398. The lowest BCUT2D eigenvalue weighted by Crippen LogP contribution is -2.22. The lowest BCUT2D eigenvalue weighted by atomic mass is 10.1. The van der Waals surface area contributed by atoms with Crippen LogP contribution in [-0.4, -0.2) is 23.6 Å². The predicted molar refractivity (Wildman–Crippen MR) is 75.1 cm³/mol. The van der Waals surface area contributed by atoms with Gasteiger partial charge in [0.1, 0.15) is 5.75 Å². The number of hydrogen-bond acceptors (Lipinski definition) is 3. The van der Waals surface area contributed by atoms with E-state index in [1.807, 2.05) is 53.8 Å². The Morgan fingerprint density at radius 3 is 2.05 bits per heavy atom. The van der Waals surface area contributed by atoms with Crippen molar-refractivity contribution in [2.45, 2.75) is 0 Å². The quantitative estimate of drug-likeness (QED) is 0.692. The third-order valence-corrected chi connectivity index (χ3v) is 2.65. The zero-order valence-electron chi connectivity index (χ0n) is 10.7. The normalized spacial score (nSPS) is 13.0. The number of carbonyl (C=O) groups excluding carboxylic acids is 2. The van der Waals surface area contributed by atoms with Gasteiger partial charge in [0.15, 0.2) is 0 Å². The number of amides is 3. The number of carbonyl (C=O) groups is 2. The van der Waals surface area contributed by atoms with E-state index in [-0.39, 0.29) is 12.5 Å². The smallest absolute Gasteiger partial charge is 0.321 e. The van der Waals surface area contributed by atoms with Gasteiger partial charge < -0.3 is 10.4 Å². The molecule has 1 heterocycles. The van der Waals surface area contributed by atoms with Crippen molar-refractivity contribution in [2.75, 3.05) is 6.54 Å². The molecule has 5 heteroatoms. The summed E-state index contributed by atoms with van der Waals surface area (Å²) in [5.74, 6) is 0.0682. The predicted octanol–water partition coefficient (Wildman–Crippen LogP) is 1.88. The molecule has 3 amide bonds. The highest BCUT2D eigenvalue weighted by atomic mass is 16.3. The van der Waals surface area contributed by atoms with Gasteiger partial charge in [-0.25, -0.2) is 4.79 Å². The van der Waals surface area contributed by atoms with E-state index < -0.39 is 6.03 Å². The van der Waals surface area contributed by atoms with Crippen LogP contribution in [0, 0.1) is 0 Å². The Kier molecular flexibility index (Phi) is 4.34. The van der Waals surface area contributed by atoms with Crippen LogP contribution >= 0.6 is 0 Å². The van der Waals surface area contributed by atoms with Gasteiger partial charge in [-0.1, -0.05) is 48.5 Å². The highest BCUT2D eigenvalue weighted by molar-refractivity contribution is 6.01. The second-order valence-corrected chi connectivity index (χ2v) is 4.11. The first kappa shape index (κ1) is 13.6. The molecule has 0 aromatic heterocycles.